The highest BCUT2D eigenvalue weighted by atomic mass is 32.2. The number of hydrogen-bond acceptors (Lipinski definition) is 5. The minimum Gasteiger partial charge on any atom is -0.369 e. The summed E-state index contributed by atoms with van der Waals surface area (Å²) in [4.78, 5) is 5.83. The van der Waals surface area contributed by atoms with Crippen LogP contribution in [0.25, 0.3) is 0 Å². The number of nitrogens with zero attached hydrogens (tertiary/aromatic N) is 2. The Bertz CT molecular complexity index is 808. The van der Waals surface area contributed by atoms with Crippen molar-refractivity contribution in [2.75, 3.05) is 44.7 Å². The van der Waals surface area contributed by atoms with E-state index in [0.29, 0.717) is 17.2 Å². The molecule has 0 atom stereocenters. The van der Waals surface area contributed by atoms with Gasteiger partial charge < -0.3 is 9.80 Å². The highest BCUT2D eigenvalue weighted by molar-refractivity contribution is 7.91. The third-order valence-electron chi connectivity index (χ3n) is 4.76. The molecule has 1 aliphatic heterocycles. The Morgan fingerprint density at radius 3 is 2.35 bits per heavy atom. The highest BCUT2D eigenvalue weighted by Gasteiger charge is 2.16. The Kier molecular flexibility index (Phi) is 6.34. The zero-order valence-corrected chi connectivity index (χ0v) is 17.1. The third kappa shape index (κ3) is 4.85. The molecular formula is C19H27N3O2S2. The van der Waals surface area contributed by atoms with E-state index < -0.39 is 10.0 Å². The van der Waals surface area contributed by atoms with Gasteiger partial charge in [0.2, 0.25) is 10.0 Å². The maximum atomic E-state index is 12.3. The van der Waals surface area contributed by atoms with E-state index in [2.05, 4.69) is 45.8 Å². The number of hydrogen-bond donors (Lipinski definition) is 1. The minimum atomic E-state index is -3.39. The predicted molar refractivity (Wildman–Crippen MR) is 109 cm³/mol. The number of nitrogens with one attached hydrogen (secondary N) is 1. The van der Waals surface area contributed by atoms with Gasteiger partial charge in [0.25, 0.3) is 0 Å². The van der Waals surface area contributed by atoms with Crippen LogP contribution in [-0.2, 0) is 22.9 Å². The lowest BCUT2D eigenvalue weighted by molar-refractivity contribution is 0.313. The molecule has 1 aliphatic rings. The van der Waals surface area contributed by atoms with Gasteiger partial charge in [0.15, 0.2) is 0 Å². The van der Waals surface area contributed by atoms with Crippen molar-refractivity contribution in [1.82, 2.24) is 9.62 Å². The van der Waals surface area contributed by atoms with Crippen LogP contribution in [0.3, 0.4) is 0 Å². The number of thiophene rings is 1. The Morgan fingerprint density at radius 1 is 1.04 bits per heavy atom. The number of likely N-dealkylation sites (N-methyl/N-ethyl adjacent to an activating group) is 1. The van der Waals surface area contributed by atoms with E-state index in [-0.39, 0.29) is 0 Å². The van der Waals surface area contributed by atoms with Crippen LogP contribution in [0.2, 0.25) is 0 Å². The summed E-state index contributed by atoms with van der Waals surface area (Å²) < 4.78 is 27.8. The standard InChI is InChI=1S/C19H27N3O2S2/c1-3-18-8-9-19(25-18)26(23,24)20-11-10-16-4-6-17(7-5-16)22-14-12-21(2)13-15-22/h4-9,20H,3,10-15H2,1-2H3. The smallest absolute Gasteiger partial charge is 0.250 e. The van der Waals surface area contributed by atoms with Gasteiger partial charge in [0.05, 0.1) is 0 Å². The molecule has 1 N–H and O–H groups in total. The molecule has 0 aliphatic carbocycles. The second-order valence-corrected chi connectivity index (χ2v) is 9.84. The Labute approximate surface area is 160 Å². The molecule has 0 amide bonds. The van der Waals surface area contributed by atoms with E-state index in [9.17, 15) is 8.42 Å². The average Bonchev–Trinajstić information content (AvgIpc) is 3.13. The quantitative estimate of drug-likeness (QED) is 0.786. The molecule has 1 saturated heterocycles. The fourth-order valence-corrected chi connectivity index (χ4v) is 5.40. The predicted octanol–water partition coefficient (Wildman–Crippen LogP) is 2.58. The van der Waals surface area contributed by atoms with Crippen molar-refractivity contribution in [1.29, 1.82) is 0 Å². The van der Waals surface area contributed by atoms with Gasteiger partial charge in [-0.25, -0.2) is 13.1 Å². The highest BCUT2D eigenvalue weighted by Crippen LogP contribution is 2.22. The molecule has 1 aromatic heterocycles. The first kappa shape index (κ1) is 19.4. The van der Waals surface area contributed by atoms with Crippen LogP contribution in [0.1, 0.15) is 17.4 Å². The third-order valence-corrected chi connectivity index (χ3v) is 7.94. The number of benzene rings is 1. The van der Waals surface area contributed by atoms with Crippen LogP contribution in [-0.4, -0.2) is 53.1 Å². The van der Waals surface area contributed by atoms with E-state index in [1.807, 2.05) is 13.0 Å². The van der Waals surface area contributed by atoms with Crippen molar-refractivity contribution in [3.05, 3.63) is 46.8 Å². The molecule has 7 heteroatoms. The summed E-state index contributed by atoms with van der Waals surface area (Å²) >= 11 is 1.34. The second kappa shape index (κ2) is 8.52. The summed E-state index contributed by atoms with van der Waals surface area (Å²) in [6.45, 7) is 6.72. The molecular weight excluding hydrogens is 366 g/mol. The summed E-state index contributed by atoms with van der Waals surface area (Å²) in [5.41, 5.74) is 2.39. The maximum Gasteiger partial charge on any atom is 0.250 e. The lowest BCUT2D eigenvalue weighted by atomic mass is 10.1. The van der Waals surface area contributed by atoms with E-state index >= 15 is 0 Å². The number of sulfonamides is 1. The second-order valence-electron chi connectivity index (χ2n) is 6.68. The summed E-state index contributed by atoms with van der Waals surface area (Å²) in [5, 5.41) is 0. The van der Waals surface area contributed by atoms with E-state index in [0.717, 1.165) is 43.0 Å². The number of aryl methyl sites for hydroxylation is 1. The van der Waals surface area contributed by atoms with Crippen molar-refractivity contribution >= 4 is 27.0 Å². The lowest BCUT2D eigenvalue weighted by Crippen LogP contribution is -2.44. The van der Waals surface area contributed by atoms with Crippen molar-refractivity contribution in [2.45, 2.75) is 24.0 Å². The molecule has 2 aromatic rings. The Balaban J connectivity index is 1.52. The van der Waals surface area contributed by atoms with Gasteiger partial charge in [-0.1, -0.05) is 19.1 Å². The summed E-state index contributed by atoms with van der Waals surface area (Å²) in [6, 6.07) is 12.1. The molecule has 0 saturated carbocycles. The van der Waals surface area contributed by atoms with Gasteiger partial charge in [-0.2, -0.15) is 0 Å². The summed E-state index contributed by atoms with van der Waals surface area (Å²) in [6.07, 6.45) is 1.55. The topological polar surface area (TPSA) is 52.7 Å². The summed E-state index contributed by atoms with van der Waals surface area (Å²) in [7, 11) is -1.24. The molecule has 0 unspecified atom stereocenters. The molecule has 1 fully saturated rings. The number of piperazine rings is 1. The fraction of sp³-hybridized carbons (Fsp3) is 0.474. The van der Waals surface area contributed by atoms with Crippen molar-refractivity contribution in [3.63, 3.8) is 0 Å². The van der Waals surface area contributed by atoms with Gasteiger partial charge in [-0.05, 0) is 49.7 Å². The van der Waals surface area contributed by atoms with Crippen molar-refractivity contribution in [3.8, 4) is 0 Å². The molecule has 5 nitrogen and oxygen atoms in total. The minimum absolute atomic E-state index is 0.403. The fourth-order valence-electron chi connectivity index (χ4n) is 3.03. The monoisotopic (exact) mass is 393 g/mol. The molecule has 0 spiro atoms. The van der Waals surface area contributed by atoms with Gasteiger partial charge in [-0.3, -0.25) is 0 Å². The first-order valence-electron chi connectivity index (χ1n) is 9.09. The SMILES string of the molecule is CCc1ccc(S(=O)(=O)NCCc2ccc(N3CCN(C)CC3)cc2)s1. The van der Waals surface area contributed by atoms with Gasteiger partial charge in [0.1, 0.15) is 4.21 Å². The van der Waals surface area contributed by atoms with E-state index in [1.165, 1.54) is 17.0 Å². The van der Waals surface area contributed by atoms with Crippen LogP contribution in [0.5, 0.6) is 0 Å². The van der Waals surface area contributed by atoms with Crippen molar-refractivity contribution in [2.24, 2.45) is 0 Å². The van der Waals surface area contributed by atoms with Gasteiger partial charge in [-0.15, -0.1) is 11.3 Å². The molecule has 0 bridgehead atoms. The van der Waals surface area contributed by atoms with Crippen molar-refractivity contribution < 1.29 is 8.42 Å². The van der Waals surface area contributed by atoms with Crippen LogP contribution in [0.4, 0.5) is 5.69 Å². The van der Waals surface area contributed by atoms with Crippen LogP contribution in [0.15, 0.2) is 40.6 Å². The first-order chi connectivity index (χ1) is 12.5. The largest absolute Gasteiger partial charge is 0.369 e. The van der Waals surface area contributed by atoms with Crippen LogP contribution in [0, 0.1) is 0 Å². The zero-order valence-electron chi connectivity index (χ0n) is 15.4. The molecule has 142 valence electrons. The molecule has 2 heterocycles. The Hall–Kier alpha value is -1.41. The molecule has 3 rings (SSSR count). The lowest BCUT2D eigenvalue weighted by Gasteiger charge is -2.34. The van der Waals surface area contributed by atoms with Crippen LogP contribution >= 0.6 is 11.3 Å². The Morgan fingerprint density at radius 2 is 1.73 bits per heavy atom. The molecule has 26 heavy (non-hydrogen) atoms. The molecule has 1 aromatic carbocycles. The molecule has 0 radical (unpaired) electrons. The maximum absolute atomic E-state index is 12.3. The van der Waals surface area contributed by atoms with Gasteiger partial charge >= 0.3 is 0 Å². The number of rotatable bonds is 7. The number of anilines is 1. The van der Waals surface area contributed by atoms with Crippen LogP contribution < -0.4 is 9.62 Å². The van der Waals surface area contributed by atoms with Gasteiger partial charge in [0, 0.05) is 43.3 Å². The first-order valence-corrected chi connectivity index (χ1v) is 11.4. The summed E-state index contributed by atoms with van der Waals surface area (Å²) in [5.74, 6) is 0. The zero-order chi connectivity index (χ0) is 18.6. The average molecular weight is 394 g/mol. The van der Waals surface area contributed by atoms with E-state index in [4.69, 9.17) is 0 Å². The van der Waals surface area contributed by atoms with E-state index in [1.54, 1.807) is 6.07 Å². The normalized spacial score (nSPS) is 16.2.